The Morgan fingerprint density at radius 1 is 1.03 bits per heavy atom. The van der Waals surface area contributed by atoms with Gasteiger partial charge in [0.2, 0.25) is 0 Å². The van der Waals surface area contributed by atoms with Crippen molar-refractivity contribution >= 4 is 17.7 Å². The van der Waals surface area contributed by atoms with Crippen molar-refractivity contribution in [2.75, 3.05) is 12.0 Å². The molecule has 2 N–H and O–H groups in total. The van der Waals surface area contributed by atoms with Gasteiger partial charge in [-0.05, 0) is 130 Å². The molecule has 2 saturated carbocycles. The standard InChI is InChI=1S/C35H59NO2S/c1-23(2)11-10-12-24(3)25-15-20-35(8)27-13-14-29-32(4,5)30(38-31(37)28(36)18-22-39-9)17-19-33(29,6)26(27)16-21-34(25,35)7/h11,24-25,28-30H,10,12-22,36H2,1-9H3/t24-,25-,28+,29?,30+,33-,34-,35+/m1/s1. The number of fused-ring (bicyclic) bond motifs is 4. The van der Waals surface area contributed by atoms with Crippen LogP contribution in [0.1, 0.15) is 126 Å². The molecule has 39 heavy (non-hydrogen) atoms. The third-order valence-corrected chi connectivity index (χ3v) is 13.5. The molecule has 0 heterocycles. The number of thioether (sulfide) groups is 1. The highest BCUT2D eigenvalue weighted by Gasteiger charge is 2.63. The maximum absolute atomic E-state index is 12.9. The summed E-state index contributed by atoms with van der Waals surface area (Å²) in [4.78, 5) is 12.9. The third-order valence-electron chi connectivity index (χ3n) is 12.8. The second-order valence-electron chi connectivity index (χ2n) is 15.4. The van der Waals surface area contributed by atoms with Gasteiger partial charge in [-0.1, -0.05) is 64.3 Å². The lowest BCUT2D eigenvalue weighted by molar-refractivity contribution is -0.171. The molecule has 4 aliphatic rings. The number of nitrogens with two attached hydrogens (primary N) is 1. The summed E-state index contributed by atoms with van der Waals surface area (Å²) in [7, 11) is 0. The molecule has 4 heteroatoms. The monoisotopic (exact) mass is 557 g/mol. The summed E-state index contributed by atoms with van der Waals surface area (Å²) in [6.07, 6.45) is 17.6. The SMILES string of the molecule is CSCC[C@H](N)C(=O)O[C@H]1CC[C@]2(C)C3=C(CCC2C1(C)C)[C@]1(C)CC[C@H]([C@H](C)CCC=C(C)C)[C@@]1(C)CC3. The highest BCUT2D eigenvalue weighted by atomic mass is 32.2. The molecular weight excluding hydrogens is 498 g/mol. The zero-order valence-corrected chi connectivity index (χ0v) is 27.6. The van der Waals surface area contributed by atoms with Gasteiger partial charge < -0.3 is 10.5 Å². The molecule has 1 unspecified atom stereocenters. The average molecular weight is 558 g/mol. The first kappa shape index (κ1) is 31.2. The van der Waals surface area contributed by atoms with Crippen LogP contribution in [0.15, 0.2) is 22.8 Å². The smallest absolute Gasteiger partial charge is 0.323 e. The minimum atomic E-state index is -0.502. The molecule has 3 nitrogen and oxygen atoms in total. The van der Waals surface area contributed by atoms with E-state index in [-0.39, 0.29) is 22.9 Å². The number of rotatable bonds is 9. The fourth-order valence-corrected chi connectivity index (χ4v) is 10.7. The Bertz CT molecular complexity index is 979. The number of hydrogen-bond donors (Lipinski definition) is 1. The minimum absolute atomic E-state index is 0.0347. The molecule has 0 spiro atoms. The summed E-state index contributed by atoms with van der Waals surface area (Å²) in [6, 6.07) is -0.502. The Kier molecular flexibility index (Phi) is 9.20. The van der Waals surface area contributed by atoms with Gasteiger partial charge in [-0.15, -0.1) is 0 Å². The van der Waals surface area contributed by atoms with Crippen molar-refractivity contribution in [2.45, 2.75) is 138 Å². The van der Waals surface area contributed by atoms with Crippen molar-refractivity contribution in [1.82, 2.24) is 0 Å². The molecule has 2 fully saturated rings. The van der Waals surface area contributed by atoms with Crippen LogP contribution < -0.4 is 5.73 Å². The lowest BCUT2D eigenvalue weighted by Gasteiger charge is -2.62. The Labute approximate surface area is 244 Å². The minimum Gasteiger partial charge on any atom is -0.461 e. The Balaban J connectivity index is 1.55. The normalized spacial score (nSPS) is 38.8. The van der Waals surface area contributed by atoms with Crippen molar-refractivity contribution in [3.63, 3.8) is 0 Å². The van der Waals surface area contributed by atoms with E-state index in [2.05, 4.69) is 67.7 Å². The summed E-state index contributed by atoms with van der Waals surface area (Å²) in [5.41, 5.74) is 12.2. The van der Waals surface area contributed by atoms with Crippen LogP contribution in [0, 0.1) is 39.4 Å². The summed E-state index contributed by atoms with van der Waals surface area (Å²) >= 11 is 1.73. The summed E-state index contributed by atoms with van der Waals surface area (Å²) in [6.45, 7) is 19.7. The van der Waals surface area contributed by atoms with Crippen LogP contribution >= 0.6 is 11.8 Å². The molecule has 4 rings (SSSR count). The number of hydrogen-bond acceptors (Lipinski definition) is 4. The molecule has 4 aliphatic carbocycles. The quantitative estimate of drug-likeness (QED) is 0.227. The van der Waals surface area contributed by atoms with Crippen LogP contribution in [0.25, 0.3) is 0 Å². The highest BCUT2D eigenvalue weighted by molar-refractivity contribution is 7.98. The van der Waals surface area contributed by atoms with Crippen molar-refractivity contribution < 1.29 is 9.53 Å². The second-order valence-corrected chi connectivity index (χ2v) is 16.4. The fourth-order valence-electron chi connectivity index (χ4n) is 10.3. The number of allylic oxidation sites excluding steroid dienone is 4. The van der Waals surface area contributed by atoms with E-state index in [4.69, 9.17) is 10.5 Å². The molecule has 0 aromatic carbocycles. The Morgan fingerprint density at radius 3 is 2.41 bits per heavy atom. The predicted octanol–water partition coefficient (Wildman–Crippen LogP) is 9.11. The number of carbonyl (C=O) groups excluding carboxylic acids is 1. The average Bonchev–Trinajstić information content (AvgIpc) is 3.15. The van der Waals surface area contributed by atoms with Crippen LogP contribution in [0.2, 0.25) is 0 Å². The van der Waals surface area contributed by atoms with Crippen molar-refractivity contribution in [1.29, 1.82) is 0 Å². The van der Waals surface area contributed by atoms with Crippen molar-refractivity contribution in [2.24, 2.45) is 45.1 Å². The lowest BCUT2D eigenvalue weighted by atomic mass is 9.43. The van der Waals surface area contributed by atoms with E-state index >= 15 is 0 Å². The van der Waals surface area contributed by atoms with E-state index in [1.54, 1.807) is 11.8 Å². The Morgan fingerprint density at radius 2 is 1.74 bits per heavy atom. The van der Waals surface area contributed by atoms with Gasteiger partial charge in [-0.3, -0.25) is 4.79 Å². The van der Waals surface area contributed by atoms with E-state index < -0.39 is 6.04 Å². The first-order valence-electron chi connectivity index (χ1n) is 16.0. The third kappa shape index (κ3) is 5.33. The summed E-state index contributed by atoms with van der Waals surface area (Å²) in [5, 5.41) is 0. The van der Waals surface area contributed by atoms with Crippen LogP contribution in [0.4, 0.5) is 0 Å². The van der Waals surface area contributed by atoms with Crippen molar-refractivity contribution in [3.8, 4) is 0 Å². The van der Waals surface area contributed by atoms with Crippen LogP contribution in [-0.4, -0.2) is 30.1 Å². The first-order valence-corrected chi connectivity index (χ1v) is 17.4. The maximum atomic E-state index is 12.9. The highest BCUT2D eigenvalue weighted by Crippen LogP contribution is 2.72. The Hall–Kier alpha value is -0.740. The van der Waals surface area contributed by atoms with Gasteiger partial charge in [0.25, 0.3) is 0 Å². The molecule has 0 saturated heterocycles. The first-order chi connectivity index (χ1) is 18.2. The lowest BCUT2D eigenvalue weighted by Crippen LogP contribution is -2.56. The van der Waals surface area contributed by atoms with E-state index in [0.717, 1.165) is 30.4 Å². The zero-order valence-electron chi connectivity index (χ0n) is 26.8. The van der Waals surface area contributed by atoms with E-state index in [0.29, 0.717) is 23.2 Å². The molecule has 0 amide bonds. The van der Waals surface area contributed by atoms with Gasteiger partial charge in [0.1, 0.15) is 12.1 Å². The van der Waals surface area contributed by atoms with E-state index in [9.17, 15) is 4.79 Å². The predicted molar refractivity (Wildman–Crippen MR) is 168 cm³/mol. The molecule has 0 aromatic rings. The summed E-state index contributed by atoms with van der Waals surface area (Å²) < 4.78 is 6.19. The van der Waals surface area contributed by atoms with Crippen molar-refractivity contribution in [3.05, 3.63) is 22.8 Å². The molecular formula is C35H59NO2S. The number of carbonyl (C=O) groups is 1. The number of esters is 1. The fraction of sp³-hybridized carbons (Fsp3) is 0.857. The molecule has 8 atom stereocenters. The van der Waals surface area contributed by atoms with Crippen LogP contribution in [0.3, 0.4) is 0 Å². The molecule has 0 aliphatic heterocycles. The summed E-state index contributed by atoms with van der Waals surface area (Å²) in [5.74, 6) is 2.86. The van der Waals surface area contributed by atoms with Crippen LogP contribution in [-0.2, 0) is 9.53 Å². The van der Waals surface area contributed by atoms with Gasteiger partial charge >= 0.3 is 5.97 Å². The largest absolute Gasteiger partial charge is 0.461 e. The van der Waals surface area contributed by atoms with Gasteiger partial charge in [-0.2, -0.15) is 11.8 Å². The number of ether oxygens (including phenoxy) is 1. The van der Waals surface area contributed by atoms with Gasteiger partial charge in [0, 0.05) is 5.41 Å². The van der Waals surface area contributed by atoms with Gasteiger partial charge in [0.05, 0.1) is 0 Å². The molecule has 222 valence electrons. The molecule has 0 radical (unpaired) electrons. The molecule has 0 bridgehead atoms. The topological polar surface area (TPSA) is 52.3 Å². The van der Waals surface area contributed by atoms with Crippen LogP contribution in [0.5, 0.6) is 0 Å². The molecule has 0 aromatic heterocycles. The maximum Gasteiger partial charge on any atom is 0.323 e. The van der Waals surface area contributed by atoms with Gasteiger partial charge in [-0.25, -0.2) is 0 Å². The van der Waals surface area contributed by atoms with E-state index in [1.165, 1.54) is 56.9 Å². The second kappa shape index (κ2) is 11.5. The van der Waals surface area contributed by atoms with Gasteiger partial charge in [0.15, 0.2) is 0 Å². The van der Waals surface area contributed by atoms with E-state index in [1.807, 2.05) is 11.1 Å². The zero-order chi connectivity index (χ0) is 28.8.